The molecule has 150 valence electrons. The standard InChI is InChI=1S/C28H38/c1-3-5-6-8-22-10-12-26-20-28(16-14-24(26)18-22)27-15-13-23-17-21(7-4-2)9-11-25(23)19-27/h3,5,10,12,14,16,18,20-21,23,25,27H,4,6-9,11,13,15,17,19H2,1-2H3/b5-3+/t21?,23-,25?,27-/m1/s1. The van der Waals surface area contributed by atoms with Gasteiger partial charge < -0.3 is 0 Å². The number of benzene rings is 2. The minimum absolute atomic E-state index is 0.794. The Morgan fingerprint density at radius 2 is 1.68 bits per heavy atom. The van der Waals surface area contributed by atoms with Gasteiger partial charge in [0, 0.05) is 0 Å². The molecule has 4 rings (SSSR count). The van der Waals surface area contributed by atoms with Crippen LogP contribution < -0.4 is 0 Å². The minimum Gasteiger partial charge on any atom is -0.0917 e. The Morgan fingerprint density at radius 3 is 2.54 bits per heavy atom. The normalized spacial score (nSPS) is 27.9. The Morgan fingerprint density at radius 1 is 0.893 bits per heavy atom. The predicted molar refractivity (Wildman–Crippen MR) is 123 cm³/mol. The summed E-state index contributed by atoms with van der Waals surface area (Å²) in [5.74, 6) is 3.85. The largest absolute Gasteiger partial charge is 0.0917 e. The van der Waals surface area contributed by atoms with E-state index in [0.29, 0.717) is 0 Å². The summed E-state index contributed by atoms with van der Waals surface area (Å²) in [5.41, 5.74) is 3.06. The van der Waals surface area contributed by atoms with Gasteiger partial charge in [0.25, 0.3) is 0 Å². The summed E-state index contributed by atoms with van der Waals surface area (Å²) in [4.78, 5) is 0. The molecular formula is C28H38. The zero-order valence-corrected chi connectivity index (χ0v) is 18.0. The topological polar surface area (TPSA) is 0 Å². The molecule has 0 aromatic heterocycles. The molecule has 0 aliphatic heterocycles. The molecule has 0 amide bonds. The highest BCUT2D eigenvalue weighted by atomic mass is 14.4. The molecule has 2 fully saturated rings. The third-order valence-electron chi connectivity index (χ3n) is 7.65. The SMILES string of the molecule is C/C=C/CCc1ccc2cc([C@@H]3CC[C@@H]4CC(CCC)CCC4C3)ccc2c1. The fourth-order valence-electron chi connectivity index (χ4n) is 6.10. The summed E-state index contributed by atoms with van der Waals surface area (Å²) in [7, 11) is 0. The lowest BCUT2D eigenvalue weighted by molar-refractivity contribution is 0.114. The van der Waals surface area contributed by atoms with Gasteiger partial charge in [-0.25, -0.2) is 0 Å². The molecule has 2 aromatic carbocycles. The van der Waals surface area contributed by atoms with Crippen LogP contribution in [-0.4, -0.2) is 0 Å². The highest BCUT2D eigenvalue weighted by Gasteiger charge is 2.35. The molecule has 2 aliphatic carbocycles. The van der Waals surface area contributed by atoms with E-state index in [2.05, 4.69) is 62.4 Å². The van der Waals surface area contributed by atoms with Crippen molar-refractivity contribution < 1.29 is 0 Å². The van der Waals surface area contributed by atoms with Gasteiger partial charge in [-0.3, -0.25) is 0 Å². The Labute approximate surface area is 172 Å². The van der Waals surface area contributed by atoms with Crippen molar-refractivity contribution in [1.29, 1.82) is 0 Å². The number of aryl methyl sites for hydroxylation is 1. The Bertz CT molecular complexity index is 799. The quantitative estimate of drug-likeness (QED) is 0.445. The van der Waals surface area contributed by atoms with Crippen LogP contribution in [0.25, 0.3) is 10.8 Å². The highest BCUT2D eigenvalue weighted by molar-refractivity contribution is 5.84. The molecule has 0 nitrogen and oxygen atoms in total. The van der Waals surface area contributed by atoms with Crippen molar-refractivity contribution in [3.8, 4) is 0 Å². The van der Waals surface area contributed by atoms with E-state index >= 15 is 0 Å². The number of rotatable bonds is 6. The maximum absolute atomic E-state index is 2.50. The molecule has 0 bridgehead atoms. The van der Waals surface area contributed by atoms with Gasteiger partial charge in [0.2, 0.25) is 0 Å². The van der Waals surface area contributed by atoms with Crippen LogP contribution in [0.5, 0.6) is 0 Å². The van der Waals surface area contributed by atoms with E-state index in [-0.39, 0.29) is 0 Å². The van der Waals surface area contributed by atoms with Crippen LogP contribution in [0.2, 0.25) is 0 Å². The highest BCUT2D eigenvalue weighted by Crippen LogP contribution is 2.48. The van der Waals surface area contributed by atoms with Gasteiger partial charge in [0.05, 0.1) is 0 Å². The molecule has 2 aliphatic rings. The first-order valence-corrected chi connectivity index (χ1v) is 11.9. The monoisotopic (exact) mass is 374 g/mol. The molecule has 28 heavy (non-hydrogen) atoms. The van der Waals surface area contributed by atoms with Crippen molar-refractivity contribution in [2.75, 3.05) is 0 Å². The van der Waals surface area contributed by atoms with E-state index in [1.165, 1.54) is 67.7 Å². The van der Waals surface area contributed by atoms with E-state index in [1.807, 2.05) is 0 Å². The summed E-state index contributed by atoms with van der Waals surface area (Å²) < 4.78 is 0. The van der Waals surface area contributed by atoms with Crippen LogP contribution in [-0.2, 0) is 6.42 Å². The van der Waals surface area contributed by atoms with Crippen LogP contribution >= 0.6 is 0 Å². The Hall–Kier alpha value is -1.56. The van der Waals surface area contributed by atoms with Crippen molar-refractivity contribution in [2.24, 2.45) is 17.8 Å². The lowest BCUT2D eigenvalue weighted by atomic mass is 9.63. The predicted octanol–water partition coefficient (Wildman–Crippen LogP) is 8.45. The summed E-state index contributed by atoms with van der Waals surface area (Å²) in [6, 6.07) is 14.4. The van der Waals surface area contributed by atoms with Gasteiger partial charge in [-0.1, -0.05) is 74.7 Å². The molecule has 2 unspecified atom stereocenters. The lowest BCUT2D eigenvalue weighted by Gasteiger charge is -2.42. The maximum Gasteiger partial charge on any atom is -0.0159 e. The second kappa shape index (κ2) is 9.29. The van der Waals surface area contributed by atoms with Crippen molar-refractivity contribution in [2.45, 2.75) is 84.0 Å². The summed E-state index contributed by atoms with van der Waals surface area (Å²) >= 11 is 0. The first kappa shape index (κ1) is 19.7. The number of hydrogen-bond donors (Lipinski definition) is 0. The van der Waals surface area contributed by atoms with Gasteiger partial charge in [-0.15, -0.1) is 0 Å². The van der Waals surface area contributed by atoms with Crippen molar-refractivity contribution >= 4 is 10.8 Å². The number of fused-ring (bicyclic) bond motifs is 2. The summed E-state index contributed by atoms with van der Waals surface area (Å²) in [6.45, 7) is 4.46. The lowest BCUT2D eigenvalue weighted by Crippen LogP contribution is -2.30. The first-order chi connectivity index (χ1) is 13.8. The molecule has 0 spiro atoms. The van der Waals surface area contributed by atoms with E-state index in [4.69, 9.17) is 0 Å². The van der Waals surface area contributed by atoms with Crippen LogP contribution in [0.15, 0.2) is 48.6 Å². The van der Waals surface area contributed by atoms with Gasteiger partial charge in [0.15, 0.2) is 0 Å². The molecule has 0 saturated heterocycles. The number of allylic oxidation sites excluding steroid dienone is 2. The summed E-state index contributed by atoms with van der Waals surface area (Å²) in [6.07, 6.45) is 18.4. The molecule has 0 radical (unpaired) electrons. The minimum atomic E-state index is 0.794. The van der Waals surface area contributed by atoms with Crippen LogP contribution in [0.1, 0.15) is 88.7 Å². The van der Waals surface area contributed by atoms with E-state index in [0.717, 1.165) is 36.5 Å². The van der Waals surface area contributed by atoms with E-state index < -0.39 is 0 Å². The Kier molecular flexibility index (Phi) is 6.55. The zero-order valence-electron chi connectivity index (χ0n) is 18.0. The fourth-order valence-corrected chi connectivity index (χ4v) is 6.10. The average Bonchev–Trinajstić information content (AvgIpc) is 2.73. The van der Waals surface area contributed by atoms with Crippen LogP contribution in [0, 0.1) is 17.8 Å². The molecule has 0 N–H and O–H groups in total. The second-order valence-corrected chi connectivity index (χ2v) is 9.55. The summed E-state index contributed by atoms with van der Waals surface area (Å²) in [5, 5.41) is 2.84. The van der Waals surface area contributed by atoms with E-state index in [1.54, 1.807) is 5.56 Å². The Balaban J connectivity index is 1.42. The average molecular weight is 375 g/mol. The molecular weight excluding hydrogens is 336 g/mol. The first-order valence-electron chi connectivity index (χ1n) is 11.9. The molecule has 2 saturated carbocycles. The second-order valence-electron chi connectivity index (χ2n) is 9.55. The molecule has 2 aromatic rings. The maximum atomic E-state index is 2.50. The van der Waals surface area contributed by atoms with Crippen LogP contribution in [0.4, 0.5) is 0 Å². The van der Waals surface area contributed by atoms with Gasteiger partial charge in [-0.05, 0) is 97.4 Å². The van der Waals surface area contributed by atoms with Gasteiger partial charge in [-0.2, -0.15) is 0 Å². The van der Waals surface area contributed by atoms with Crippen LogP contribution in [0.3, 0.4) is 0 Å². The molecule has 4 atom stereocenters. The van der Waals surface area contributed by atoms with Crippen molar-refractivity contribution in [3.63, 3.8) is 0 Å². The van der Waals surface area contributed by atoms with Gasteiger partial charge in [0.1, 0.15) is 0 Å². The van der Waals surface area contributed by atoms with Gasteiger partial charge >= 0.3 is 0 Å². The molecule has 0 heteroatoms. The van der Waals surface area contributed by atoms with Crippen molar-refractivity contribution in [1.82, 2.24) is 0 Å². The van der Waals surface area contributed by atoms with E-state index in [9.17, 15) is 0 Å². The molecule has 0 heterocycles. The third kappa shape index (κ3) is 4.53. The fraction of sp³-hybridized carbons (Fsp3) is 0.571. The smallest absolute Gasteiger partial charge is 0.0159 e. The number of hydrogen-bond acceptors (Lipinski definition) is 0. The zero-order chi connectivity index (χ0) is 19.3. The van der Waals surface area contributed by atoms with Crippen molar-refractivity contribution in [3.05, 3.63) is 59.7 Å². The third-order valence-corrected chi connectivity index (χ3v) is 7.65.